The van der Waals surface area contributed by atoms with Crippen LogP contribution in [0, 0.1) is 0 Å². The van der Waals surface area contributed by atoms with Gasteiger partial charge in [-0.3, -0.25) is 0 Å². The fourth-order valence-electron chi connectivity index (χ4n) is 0.156. The Kier molecular flexibility index (Phi) is 1.88. The van der Waals surface area contributed by atoms with Gasteiger partial charge in [-0.2, -0.15) is 0 Å². The average Bonchev–Trinajstić information content (AvgIpc) is 1.27. The average molecular weight is 87.1 g/mol. The van der Waals surface area contributed by atoms with Gasteiger partial charge in [0.25, 0.3) is 0 Å². The van der Waals surface area contributed by atoms with Crippen LogP contribution in [-0.2, 0) is 0 Å². The smallest absolute Gasteiger partial charge is 0.0567 e. The molecule has 0 spiro atoms. The lowest BCUT2D eigenvalue weighted by Crippen LogP contribution is -1.79. The molecule has 0 aromatic carbocycles. The quantitative estimate of drug-likeness (QED) is 0.497. The van der Waals surface area contributed by atoms with E-state index in [1.807, 2.05) is 0 Å². The maximum absolute atomic E-state index is 8.33. The second kappa shape index (κ2) is 2.91. The lowest BCUT2D eigenvalue weighted by molar-refractivity contribution is 0.299. The molecule has 0 aliphatic carbocycles. The molecule has 1 heteroatoms. The summed E-state index contributed by atoms with van der Waals surface area (Å²) in [6.45, 7) is 4.33. The van der Waals surface area contributed by atoms with Crippen LogP contribution in [0.15, 0.2) is 12.2 Å². The van der Waals surface area contributed by atoms with Crippen LogP contribution in [0.1, 0.15) is 14.7 Å². The Balaban J connectivity index is 3.13. The molecule has 0 rings (SSSR count). The van der Waals surface area contributed by atoms with Gasteiger partial charge in [-0.15, -0.1) is 6.58 Å². The Bertz CT molecular complexity index is 68.5. The predicted octanol–water partition coefficient (Wildman–Crippen LogP) is 0.945. The first-order valence-corrected chi connectivity index (χ1v) is 1.87. The van der Waals surface area contributed by atoms with E-state index in [9.17, 15) is 0 Å². The Labute approximate surface area is 39.7 Å². The molecule has 0 amide bonds. The number of aliphatic hydroxyl groups excluding tert-OH is 1. The van der Waals surface area contributed by atoms with E-state index in [-0.39, 0.29) is 0 Å². The van der Waals surface area contributed by atoms with Gasteiger partial charge in [0, 0.05) is 6.58 Å². The summed E-state index contributed by atoms with van der Waals surface area (Å²) in [6.07, 6.45) is 0.389. The topological polar surface area (TPSA) is 20.2 Å². The molecule has 1 N–H and O–H groups in total. The zero-order valence-electron chi connectivity index (χ0n) is 4.94. The first kappa shape index (κ1) is 3.88. The minimum absolute atomic E-state index is 0.389. The minimum Gasteiger partial charge on any atom is -0.396 e. The van der Waals surface area contributed by atoms with Gasteiger partial charge in [0.2, 0.25) is 0 Å². The van der Waals surface area contributed by atoms with E-state index in [1.165, 1.54) is 0 Å². The molecule has 0 aliphatic rings. The van der Waals surface area contributed by atoms with Crippen molar-refractivity contribution in [2.24, 2.45) is 0 Å². The number of aliphatic hydroxyl groups is 1. The lowest BCUT2D eigenvalue weighted by Gasteiger charge is -1.87. The summed E-state index contributed by atoms with van der Waals surface area (Å²) in [5, 5.41) is 8.33. The molecule has 36 valence electrons. The van der Waals surface area contributed by atoms with Crippen molar-refractivity contribution in [2.75, 3.05) is 6.58 Å². The summed E-state index contributed by atoms with van der Waals surface area (Å²) < 4.78 is 6.60. The molecular formula is C5H10O. The third-order valence-corrected chi connectivity index (χ3v) is 0.440. The Hall–Kier alpha value is -0.300. The van der Waals surface area contributed by atoms with Gasteiger partial charge in [-0.25, -0.2) is 0 Å². The van der Waals surface area contributed by atoms with Crippen LogP contribution in [0.2, 0.25) is 0 Å². The lowest BCUT2D eigenvalue weighted by atomic mass is 10.3. The zero-order valence-corrected chi connectivity index (χ0v) is 3.94. The Morgan fingerprint density at radius 2 is 2.67 bits per heavy atom. The molecule has 0 aromatic rings. The van der Waals surface area contributed by atoms with Crippen molar-refractivity contribution in [3.05, 3.63) is 12.2 Å². The normalized spacial score (nSPS) is 16.0. The highest BCUT2D eigenvalue weighted by molar-refractivity contribution is 4.86. The van der Waals surface area contributed by atoms with E-state index in [2.05, 4.69) is 6.58 Å². The molecule has 0 heterocycles. The van der Waals surface area contributed by atoms with Gasteiger partial charge in [-0.1, -0.05) is 5.57 Å². The molecule has 0 unspecified atom stereocenters. The summed E-state index contributed by atoms with van der Waals surface area (Å²) >= 11 is 0. The van der Waals surface area contributed by atoms with E-state index >= 15 is 0 Å². The fourth-order valence-corrected chi connectivity index (χ4v) is 0.156. The highest BCUT2D eigenvalue weighted by Crippen LogP contribution is 1.90. The van der Waals surface area contributed by atoms with Crippen LogP contribution >= 0.6 is 0 Å². The highest BCUT2D eigenvalue weighted by atomic mass is 16.2. The third-order valence-electron chi connectivity index (χ3n) is 0.440. The summed E-state index contributed by atoms with van der Waals surface area (Å²) in [7, 11) is 0. The monoisotopic (exact) mass is 87.1 g/mol. The molecule has 1 nitrogen and oxygen atoms in total. The standard InChI is InChI=1S/C5H10O/c1-5(2)3-4-6/h6H,1,3-4H2,2H3/i4D/t4-/m1/s1. The molecular weight excluding hydrogens is 76.1 g/mol. The minimum atomic E-state index is -0.975. The van der Waals surface area contributed by atoms with Crippen molar-refractivity contribution < 1.29 is 6.48 Å². The van der Waals surface area contributed by atoms with Crippen molar-refractivity contribution in [3.8, 4) is 0 Å². The van der Waals surface area contributed by atoms with Gasteiger partial charge in [0.1, 0.15) is 0 Å². The van der Waals surface area contributed by atoms with Gasteiger partial charge >= 0.3 is 0 Å². The second-order valence-electron chi connectivity index (χ2n) is 1.34. The van der Waals surface area contributed by atoms with Crippen LogP contribution < -0.4 is 0 Å². The molecule has 0 aromatic heterocycles. The maximum atomic E-state index is 8.33. The Morgan fingerprint density at radius 1 is 2.17 bits per heavy atom. The predicted molar refractivity (Wildman–Crippen MR) is 26.5 cm³/mol. The SMILES string of the molecule is [2H][C@@H](O)CC(=C)C. The van der Waals surface area contributed by atoms with Gasteiger partial charge in [-0.05, 0) is 13.3 Å². The van der Waals surface area contributed by atoms with Crippen molar-refractivity contribution in [2.45, 2.75) is 13.3 Å². The molecule has 0 radical (unpaired) electrons. The summed E-state index contributed by atoms with van der Waals surface area (Å²) in [4.78, 5) is 0. The molecule has 0 saturated heterocycles. The van der Waals surface area contributed by atoms with Crippen molar-refractivity contribution in [3.63, 3.8) is 0 Å². The van der Waals surface area contributed by atoms with E-state index in [4.69, 9.17) is 6.48 Å². The van der Waals surface area contributed by atoms with Crippen LogP contribution in [0.25, 0.3) is 0 Å². The largest absolute Gasteiger partial charge is 0.396 e. The number of rotatable bonds is 2. The third kappa shape index (κ3) is 3.70. The van der Waals surface area contributed by atoms with E-state index < -0.39 is 6.58 Å². The summed E-state index contributed by atoms with van der Waals surface area (Å²) in [5.41, 5.74) is 0.850. The summed E-state index contributed by atoms with van der Waals surface area (Å²) in [5.74, 6) is 0. The molecule has 0 fully saturated rings. The molecule has 0 bridgehead atoms. The molecule has 0 saturated carbocycles. The van der Waals surface area contributed by atoms with E-state index in [0.717, 1.165) is 5.57 Å². The molecule has 6 heavy (non-hydrogen) atoms. The fraction of sp³-hybridized carbons (Fsp3) is 0.600. The van der Waals surface area contributed by atoms with Gasteiger partial charge in [0.15, 0.2) is 0 Å². The Morgan fingerprint density at radius 3 is 2.67 bits per heavy atom. The van der Waals surface area contributed by atoms with E-state index in [0.29, 0.717) is 6.42 Å². The van der Waals surface area contributed by atoms with Crippen LogP contribution in [-0.4, -0.2) is 11.7 Å². The van der Waals surface area contributed by atoms with Crippen LogP contribution in [0.3, 0.4) is 0 Å². The van der Waals surface area contributed by atoms with Crippen molar-refractivity contribution in [1.82, 2.24) is 0 Å². The van der Waals surface area contributed by atoms with Crippen LogP contribution in [0.5, 0.6) is 0 Å². The first-order chi connectivity index (χ1) is 3.13. The zero-order chi connectivity index (χ0) is 5.86. The maximum Gasteiger partial charge on any atom is 0.0567 e. The van der Waals surface area contributed by atoms with Crippen molar-refractivity contribution in [1.29, 1.82) is 0 Å². The number of hydrogen-bond donors (Lipinski definition) is 1. The molecule has 1 atom stereocenters. The highest BCUT2D eigenvalue weighted by Gasteiger charge is 1.77. The second-order valence-corrected chi connectivity index (χ2v) is 1.34. The van der Waals surface area contributed by atoms with Gasteiger partial charge in [0.05, 0.1) is 1.37 Å². The molecule has 0 aliphatic heterocycles. The van der Waals surface area contributed by atoms with Gasteiger partial charge < -0.3 is 5.11 Å². The number of hydrogen-bond acceptors (Lipinski definition) is 1. The van der Waals surface area contributed by atoms with Crippen LogP contribution in [0.4, 0.5) is 0 Å². The summed E-state index contributed by atoms with van der Waals surface area (Å²) in [6, 6.07) is 0. The van der Waals surface area contributed by atoms with E-state index in [1.54, 1.807) is 6.92 Å². The first-order valence-electron chi connectivity index (χ1n) is 2.45. The van der Waals surface area contributed by atoms with Crippen molar-refractivity contribution >= 4 is 0 Å².